The number of nitrogens with zero attached hydrogens (tertiary/aromatic N) is 2. The average Bonchev–Trinajstić information content (AvgIpc) is 2.31. The van der Waals surface area contributed by atoms with E-state index in [1.54, 1.807) is 0 Å². The number of ether oxygens (including phenoxy) is 1. The van der Waals surface area contributed by atoms with Crippen LogP contribution in [0.25, 0.3) is 0 Å². The summed E-state index contributed by atoms with van der Waals surface area (Å²) < 4.78 is 5.74. The summed E-state index contributed by atoms with van der Waals surface area (Å²) in [5.41, 5.74) is 0. The smallest absolute Gasteiger partial charge is 0.191 e. The molecular weight excluding hydrogens is 240 g/mol. The first kappa shape index (κ1) is 16.2. The van der Waals surface area contributed by atoms with Crippen LogP contribution in [-0.2, 0) is 4.74 Å². The van der Waals surface area contributed by atoms with Crippen molar-refractivity contribution in [1.29, 1.82) is 0 Å². The monoisotopic (exact) mass is 270 g/mol. The van der Waals surface area contributed by atoms with E-state index in [1.165, 1.54) is 0 Å². The van der Waals surface area contributed by atoms with Gasteiger partial charge in [0.2, 0.25) is 0 Å². The van der Waals surface area contributed by atoms with E-state index in [1.807, 2.05) is 7.05 Å². The van der Waals surface area contributed by atoms with Crippen molar-refractivity contribution in [3.05, 3.63) is 0 Å². The lowest BCUT2D eigenvalue weighted by Gasteiger charge is -2.35. The Morgan fingerprint density at radius 1 is 1.32 bits per heavy atom. The molecule has 1 fully saturated rings. The van der Waals surface area contributed by atoms with Gasteiger partial charge < -0.3 is 15.4 Å². The SMILES string of the molecule is CN=C(NCCCN1CC(C)OC(C)C1)NC(C)C. The molecule has 1 saturated heterocycles. The Kier molecular flexibility index (Phi) is 7.16. The Balaban J connectivity index is 2.16. The predicted octanol–water partition coefficient (Wildman–Crippen LogP) is 1.06. The first-order valence-electron chi connectivity index (χ1n) is 7.36. The van der Waals surface area contributed by atoms with E-state index in [4.69, 9.17) is 4.74 Å². The fourth-order valence-electron chi connectivity index (χ4n) is 2.44. The second-order valence-electron chi connectivity index (χ2n) is 5.67. The van der Waals surface area contributed by atoms with E-state index in [0.29, 0.717) is 18.2 Å². The molecule has 19 heavy (non-hydrogen) atoms. The Bertz CT molecular complexity index is 271. The molecule has 2 atom stereocenters. The Morgan fingerprint density at radius 2 is 1.95 bits per heavy atom. The molecule has 0 amide bonds. The molecule has 2 N–H and O–H groups in total. The highest BCUT2D eigenvalue weighted by Crippen LogP contribution is 2.10. The van der Waals surface area contributed by atoms with Crippen molar-refractivity contribution in [3.8, 4) is 0 Å². The highest BCUT2D eigenvalue weighted by molar-refractivity contribution is 5.79. The molecule has 5 heteroatoms. The third kappa shape index (κ3) is 6.78. The van der Waals surface area contributed by atoms with Crippen LogP contribution in [0.5, 0.6) is 0 Å². The zero-order valence-electron chi connectivity index (χ0n) is 13.1. The van der Waals surface area contributed by atoms with Crippen LogP contribution in [0.1, 0.15) is 34.1 Å². The Hall–Kier alpha value is -0.810. The van der Waals surface area contributed by atoms with E-state index in [9.17, 15) is 0 Å². The fraction of sp³-hybridized carbons (Fsp3) is 0.929. The van der Waals surface area contributed by atoms with Crippen LogP contribution in [0, 0.1) is 0 Å². The normalized spacial score (nSPS) is 25.7. The maximum Gasteiger partial charge on any atom is 0.191 e. The molecule has 0 aromatic heterocycles. The van der Waals surface area contributed by atoms with Gasteiger partial charge in [-0.05, 0) is 34.1 Å². The summed E-state index contributed by atoms with van der Waals surface area (Å²) in [5, 5.41) is 6.63. The van der Waals surface area contributed by atoms with Gasteiger partial charge in [0.1, 0.15) is 0 Å². The Morgan fingerprint density at radius 3 is 2.47 bits per heavy atom. The molecule has 1 heterocycles. The van der Waals surface area contributed by atoms with Crippen molar-refractivity contribution in [2.24, 2.45) is 4.99 Å². The summed E-state index contributed by atoms with van der Waals surface area (Å²) in [5.74, 6) is 0.888. The van der Waals surface area contributed by atoms with E-state index in [-0.39, 0.29) is 0 Å². The molecule has 5 nitrogen and oxygen atoms in total. The largest absolute Gasteiger partial charge is 0.373 e. The van der Waals surface area contributed by atoms with Crippen molar-refractivity contribution in [3.63, 3.8) is 0 Å². The third-order valence-electron chi connectivity index (χ3n) is 3.09. The number of nitrogens with one attached hydrogen (secondary N) is 2. The highest BCUT2D eigenvalue weighted by atomic mass is 16.5. The van der Waals surface area contributed by atoms with Crippen LogP contribution in [0.4, 0.5) is 0 Å². The van der Waals surface area contributed by atoms with Gasteiger partial charge in [-0.1, -0.05) is 0 Å². The summed E-state index contributed by atoms with van der Waals surface area (Å²) >= 11 is 0. The minimum absolute atomic E-state index is 0.354. The summed E-state index contributed by atoms with van der Waals surface area (Å²) in [6.07, 6.45) is 1.83. The minimum atomic E-state index is 0.354. The lowest BCUT2D eigenvalue weighted by Crippen LogP contribution is -2.46. The first-order chi connectivity index (χ1) is 9.01. The maximum absolute atomic E-state index is 5.74. The average molecular weight is 270 g/mol. The van der Waals surface area contributed by atoms with Gasteiger partial charge in [0.05, 0.1) is 12.2 Å². The topological polar surface area (TPSA) is 48.9 Å². The predicted molar refractivity (Wildman–Crippen MR) is 80.7 cm³/mol. The number of hydrogen-bond acceptors (Lipinski definition) is 3. The third-order valence-corrected chi connectivity index (χ3v) is 3.09. The van der Waals surface area contributed by atoms with Gasteiger partial charge in [0.25, 0.3) is 0 Å². The number of rotatable bonds is 5. The van der Waals surface area contributed by atoms with E-state index in [2.05, 4.69) is 48.2 Å². The van der Waals surface area contributed by atoms with Gasteiger partial charge in [-0.15, -0.1) is 0 Å². The van der Waals surface area contributed by atoms with Crippen LogP contribution in [-0.4, -0.2) is 62.3 Å². The minimum Gasteiger partial charge on any atom is -0.373 e. The van der Waals surface area contributed by atoms with Crippen molar-refractivity contribution in [2.45, 2.75) is 52.4 Å². The zero-order chi connectivity index (χ0) is 14.3. The van der Waals surface area contributed by atoms with Crippen molar-refractivity contribution in [2.75, 3.05) is 33.2 Å². The lowest BCUT2D eigenvalue weighted by atomic mass is 10.2. The second-order valence-corrected chi connectivity index (χ2v) is 5.67. The molecule has 0 saturated carbocycles. The summed E-state index contributed by atoms with van der Waals surface area (Å²) in [6.45, 7) is 12.7. The lowest BCUT2D eigenvalue weighted by molar-refractivity contribution is -0.0679. The van der Waals surface area contributed by atoms with Gasteiger partial charge >= 0.3 is 0 Å². The quantitative estimate of drug-likeness (QED) is 0.445. The highest BCUT2D eigenvalue weighted by Gasteiger charge is 2.21. The Labute approximate surface area is 117 Å². The fourth-order valence-corrected chi connectivity index (χ4v) is 2.44. The van der Waals surface area contributed by atoms with E-state index >= 15 is 0 Å². The van der Waals surface area contributed by atoms with Gasteiger partial charge in [0.15, 0.2) is 5.96 Å². The van der Waals surface area contributed by atoms with Crippen LogP contribution < -0.4 is 10.6 Å². The van der Waals surface area contributed by atoms with Crippen LogP contribution in [0.3, 0.4) is 0 Å². The van der Waals surface area contributed by atoms with Gasteiger partial charge in [-0.25, -0.2) is 0 Å². The second kappa shape index (κ2) is 8.38. The van der Waals surface area contributed by atoms with Crippen LogP contribution in [0.15, 0.2) is 4.99 Å². The summed E-state index contributed by atoms with van der Waals surface area (Å²) in [4.78, 5) is 6.68. The molecule has 1 rings (SSSR count). The van der Waals surface area contributed by atoms with E-state index < -0.39 is 0 Å². The van der Waals surface area contributed by atoms with Crippen LogP contribution >= 0.6 is 0 Å². The van der Waals surface area contributed by atoms with Gasteiger partial charge in [-0.2, -0.15) is 0 Å². The van der Waals surface area contributed by atoms with Crippen molar-refractivity contribution in [1.82, 2.24) is 15.5 Å². The number of guanidine groups is 1. The van der Waals surface area contributed by atoms with Crippen LogP contribution in [0.2, 0.25) is 0 Å². The molecule has 1 aliphatic rings. The standard InChI is InChI=1S/C14H30N4O/c1-11(2)17-14(15-5)16-7-6-8-18-9-12(3)19-13(4)10-18/h11-13H,6-10H2,1-5H3,(H2,15,16,17). The molecule has 2 unspecified atom stereocenters. The van der Waals surface area contributed by atoms with E-state index in [0.717, 1.165) is 38.6 Å². The number of aliphatic imine (C=N–C) groups is 1. The first-order valence-corrected chi connectivity index (χ1v) is 7.36. The molecular formula is C14H30N4O. The summed E-state index contributed by atoms with van der Waals surface area (Å²) in [6, 6.07) is 0.409. The number of hydrogen-bond donors (Lipinski definition) is 2. The molecule has 1 aliphatic heterocycles. The zero-order valence-corrected chi connectivity index (χ0v) is 13.1. The molecule has 0 radical (unpaired) electrons. The van der Waals surface area contributed by atoms with Crippen molar-refractivity contribution >= 4 is 5.96 Å². The van der Waals surface area contributed by atoms with Gasteiger partial charge in [-0.3, -0.25) is 9.89 Å². The van der Waals surface area contributed by atoms with Gasteiger partial charge in [0, 0.05) is 39.3 Å². The molecule has 0 aromatic carbocycles. The molecule has 0 bridgehead atoms. The maximum atomic E-state index is 5.74. The van der Waals surface area contributed by atoms with Crippen molar-refractivity contribution < 1.29 is 4.74 Å². The molecule has 0 spiro atoms. The number of morpholine rings is 1. The molecule has 0 aliphatic carbocycles. The molecule has 0 aromatic rings. The molecule has 112 valence electrons. The summed E-state index contributed by atoms with van der Waals surface area (Å²) in [7, 11) is 1.81.